The molecule has 0 spiro atoms. The minimum Gasteiger partial charge on any atom is -0.485 e. The second-order valence-electron chi connectivity index (χ2n) is 7.32. The fraction of sp³-hybridized carbons (Fsp3) is 0.364. The van der Waals surface area contributed by atoms with Gasteiger partial charge in [0.2, 0.25) is 11.8 Å². The number of hydrogen-bond donors (Lipinski definition) is 1. The minimum absolute atomic E-state index is 0.0532. The normalized spacial score (nSPS) is 20.2. The smallest absolute Gasteiger partial charge is 0.238 e. The maximum atomic E-state index is 12.8. The van der Waals surface area contributed by atoms with Gasteiger partial charge < -0.3 is 19.9 Å². The van der Waals surface area contributed by atoms with E-state index in [2.05, 4.69) is 23.2 Å². The molecule has 29 heavy (non-hydrogen) atoms. The van der Waals surface area contributed by atoms with Crippen molar-refractivity contribution >= 4 is 35.0 Å². The molecule has 2 aliphatic heterocycles. The van der Waals surface area contributed by atoms with E-state index in [0.29, 0.717) is 6.54 Å². The number of likely N-dealkylation sites (N-methyl/N-ethyl adjacent to an activating group) is 2. The first-order chi connectivity index (χ1) is 14.0. The first-order valence-corrected chi connectivity index (χ1v) is 10.7. The summed E-state index contributed by atoms with van der Waals surface area (Å²) >= 11 is 1.45. The molecule has 2 atom stereocenters. The van der Waals surface area contributed by atoms with Crippen LogP contribution in [0.3, 0.4) is 0 Å². The van der Waals surface area contributed by atoms with Gasteiger partial charge in [0.05, 0.1) is 29.7 Å². The minimum atomic E-state index is -0.417. The Kier molecular flexibility index (Phi) is 5.67. The number of rotatable bonds is 5. The lowest BCUT2D eigenvalue weighted by atomic mass is 10.1. The summed E-state index contributed by atoms with van der Waals surface area (Å²) in [6.07, 6.45) is 0.0645. The topological polar surface area (TPSA) is 61.9 Å². The van der Waals surface area contributed by atoms with E-state index >= 15 is 0 Å². The summed E-state index contributed by atoms with van der Waals surface area (Å²) in [6, 6.07) is 15.7. The molecule has 0 saturated carbocycles. The van der Waals surface area contributed by atoms with E-state index < -0.39 is 5.25 Å². The maximum Gasteiger partial charge on any atom is 0.238 e. The van der Waals surface area contributed by atoms with Crippen molar-refractivity contribution < 1.29 is 14.3 Å². The Hall–Kier alpha value is -2.67. The van der Waals surface area contributed by atoms with Gasteiger partial charge in [-0.1, -0.05) is 24.3 Å². The summed E-state index contributed by atoms with van der Waals surface area (Å²) < 4.78 is 6.12. The molecular weight excluding hydrogens is 386 g/mol. The summed E-state index contributed by atoms with van der Waals surface area (Å²) in [6.45, 7) is 4.22. The van der Waals surface area contributed by atoms with Gasteiger partial charge in [0.15, 0.2) is 0 Å². The molecule has 0 aromatic heterocycles. The van der Waals surface area contributed by atoms with E-state index in [4.69, 9.17) is 4.74 Å². The number of nitrogens with one attached hydrogen (secondary N) is 1. The lowest BCUT2D eigenvalue weighted by molar-refractivity contribution is -0.132. The Morgan fingerprint density at radius 1 is 1.24 bits per heavy atom. The predicted molar refractivity (Wildman–Crippen MR) is 116 cm³/mol. The number of ether oxygens (including phenoxy) is 1. The Labute approximate surface area is 175 Å². The van der Waals surface area contributed by atoms with Gasteiger partial charge in [-0.25, -0.2) is 0 Å². The fourth-order valence-electron chi connectivity index (χ4n) is 3.72. The standard InChI is InChI=1S/C22H25N3O3S/c1-3-25-14-15(28-18-10-6-5-9-17(18)25)13-24(2)21(26)12-20-22(27)23-16-8-4-7-11-19(16)29-20/h4-11,15,20H,3,12-14H2,1-2H3,(H,23,27)/t15-,20-/m1/s1. The molecule has 2 aliphatic rings. The van der Waals surface area contributed by atoms with Crippen LogP contribution in [0.4, 0.5) is 11.4 Å². The van der Waals surface area contributed by atoms with Gasteiger partial charge in [-0.2, -0.15) is 0 Å². The Bertz CT molecular complexity index is 920. The van der Waals surface area contributed by atoms with Crippen molar-refractivity contribution in [2.24, 2.45) is 0 Å². The number of benzene rings is 2. The van der Waals surface area contributed by atoms with Crippen molar-refractivity contribution in [3.05, 3.63) is 48.5 Å². The summed E-state index contributed by atoms with van der Waals surface area (Å²) in [5.41, 5.74) is 1.91. The molecule has 152 valence electrons. The third kappa shape index (κ3) is 4.19. The summed E-state index contributed by atoms with van der Waals surface area (Å²) in [7, 11) is 1.78. The van der Waals surface area contributed by atoms with Crippen LogP contribution in [0.1, 0.15) is 13.3 Å². The van der Waals surface area contributed by atoms with Crippen LogP contribution in [0.5, 0.6) is 5.75 Å². The third-order valence-corrected chi connectivity index (χ3v) is 6.55. The molecular formula is C22H25N3O3S. The van der Waals surface area contributed by atoms with Gasteiger partial charge in [-0.15, -0.1) is 11.8 Å². The van der Waals surface area contributed by atoms with Crippen molar-refractivity contribution in [1.29, 1.82) is 0 Å². The van der Waals surface area contributed by atoms with Crippen molar-refractivity contribution in [3.8, 4) is 5.75 Å². The average molecular weight is 412 g/mol. The molecule has 0 aliphatic carbocycles. The van der Waals surface area contributed by atoms with Crippen molar-refractivity contribution in [1.82, 2.24) is 4.90 Å². The summed E-state index contributed by atoms with van der Waals surface area (Å²) in [5.74, 6) is 0.684. The summed E-state index contributed by atoms with van der Waals surface area (Å²) in [4.78, 5) is 30.1. The van der Waals surface area contributed by atoms with Crippen LogP contribution in [0.25, 0.3) is 0 Å². The highest BCUT2D eigenvalue weighted by molar-refractivity contribution is 8.01. The first-order valence-electron chi connectivity index (χ1n) is 9.86. The predicted octanol–water partition coefficient (Wildman–Crippen LogP) is 3.24. The molecule has 1 N–H and O–H groups in total. The number of anilines is 2. The van der Waals surface area contributed by atoms with Gasteiger partial charge >= 0.3 is 0 Å². The number of carbonyl (C=O) groups excluding carboxylic acids is 2. The van der Waals surface area contributed by atoms with Crippen LogP contribution in [0, 0.1) is 0 Å². The molecule has 0 radical (unpaired) electrons. The highest BCUT2D eigenvalue weighted by Crippen LogP contribution is 2.37. The molecule has 0 fully saturated rings. The SMILES string of the molecule is CCN1C[C@@H](CN(C)C(=O)C[C@H]2Sc3ccccc3NC2=O)Oc2ccccc21. The molecule has 7 heteroatoms. The molecule has 0 saturated heterocycles. The van der Waals surface area contributed by atoms with Gasteiger partial charge in [0.1, 0.15) is 11.9 Å². The van der Waals surface area contributed by atoms with E-state index in [1.54, 1.807) is 11.9 Å². The van der Waals surface area contributed by atoms with Crippen LogP contribution in [0.2, 0.25) is 0 Å². The Morgan fingerprint density at radius 3 is 2.83 bits per heavy atom. The third-order valence-electron chi connectivity index (χ3n) is 5.28. The number of hydrogen-bond acceptors (Lipinski definition) is 5. The zero-order valence-corrected chi connectivity index (χ0v) is 17.4. The zero-order chi connectivity index (χ0) is 20.4. The van der Waals surface area contributed by atoms with E-state index in [-0.39, 0.29) is 24.3 Å². The Balaban J connectivity index is 1.37. The molecule has 2 aromatic rings. The number of amides is 2. The molecule has 2 aromatic carbocycles. The quantitative estimate of drug-likeness (QED) is 0.819. The van der Waals surface area contributed by atoms with Gasteiger partial charge in [-0.3, -0.25) is 9.59 Å². The monoisotopic (exact) mass is 411 g/mol. The zero-order valence-electron chi connectivity index (χ0n) is 16.6. The van der Waals surface area contributed by atoms with Gasteiger partial charge in [-0.05, 0) is 31.2 Å². The largest absolute Gasteiger partial charge is 0.485 e. The number of para-hydroxylation sites is 3. The fourth-order valence-corrected chi connectivity index (χ4v) is 4.82. The highest BCUT2D eigenvalue weighted by atomic mass is 32.2. The molecule has 2 heterocycles. The van der Waals surface area contributed by atoms with Crippen LogP contribution >= 0.6 is 11.8 Å². The maximum absolute atomic E-state index is 12.8. The van der Waals surface area contributed by atoms with E-state index in [0.717, 1.165) is 35.1 Å². The first kappa shape index (κ1) is 19.6. The molecule has 2 amide bonds. The lowest BCUT2D eigenvalue weighted by Gasteiger charge is -2.37. The molecule has 0 bridgehead atoms. The van der Waals surface area contributed by atoms with E-state index in [1.165, 1.54) is 11.8 Å². The molecule has 4 rings (SSSR count). The lowest BCUT2D eigenvalue weighted by Crippen LogP contribution is -2.47. The van der Waals surface area contributed by atoms with Crippen molar-refractivity contribution in [2.75, 3.05) is 36.9 Å². The number of carbonyl (C=O) groups is 2. The van der Waals surface area contributed by atoms with Crippen LogP contribution in [-0.2, 0) is 9.59 Å². The van der Waals surface area contributed by atoms with E-state index in [1.807, 2.05) is 42.5 Å². The molecule has 6 nitrogen and oxygen atoms in total. The van der Waals surface area contributed by atoms with Crippen molar-refractivity contribution in [2.45, 2.75) is 29.6 Å². The highest BCUT2D eigenvalue weighted by Gasteiger charge is 2.31. The van der Waals surface area contributed by atoms with Crippen molar-refractivity contribution in [3.63, 3.8) is 0 Å². The average Bonchev–Trinajstić information content (AvgIpc) is 2.73. The second kappa shape index (κ2) is 8.37. The molecule has 0 unspecified atom stereocenters. The van der Waals surface area contributed by atoms with E-state index in [9.17, 15) is 9.59 Å². The summed E-state index contributed by atoms with van der Waals surface area (Å²) in [5, 5.41) is 2.48. The number of nitrogens with zero attached hydrogens (tertiary/aromatic N) is 2. The van der Waals surface area contributed by atoms with Crippen LogP contribution in [-0.4, -0.2) is 54.8 Å². The van der Waals surface area contributed by atoms with Crippen LogP contribution in [0.15, 0.2) is 53.4 Å². The van der Waals surface area contributed by atoms with Crippen LogP contribution < -0.4 is 15.0 Å². The second-order valence-corrected chi connectivity index (χ2v) is 8.56. The Morgan fingerprint density at radius 2 is 2.00 bits per heavy atom. The number of thioether (sulfide) groups is 1. The van der Waals surface area contributed by atoms with Gasteiger partial charge in [0.25, 0.3) is 0 Å². The number of fused-ring (bicyclic) bond motifs is 2. The van der Waals surface area contributed by atoms with Gasteiger partial charge in [0, 0.05) is 24.9 Å².